The number of halogens is 1. The summed E-state index contributed by atoms with van der Waals surface area (Å²) in [6, 6.07) is 7.17. The molecule has 23 heavy (non-hydrogen) atoms. The van der Waals surface area contributed by atoms with Crippen molar-refractivity contribution in [3.8, 4) is 5.75 Å². The van der Waals surface area contributed by atoms with Gasteiger partial charge >= 0.3 is 0 Å². The average molecular weight is 358 g/mol. The molecular formula is C15H20ClN3O3S. The Morgan fingerprint density at radius 2 is 2.04 bits per heavy atom. The molecule has 1 amide bonds. The number of aromatic nitrogens is 1. The van der Waals surface area contributed by atoms with E-state index in [2.05, 4.69) is 10.3 Å². The molecule has 0 unspecified atom stereocenters. The van der Waals surface area contributed by atoms with Crippen LogP contribution in [0, 0.1) is 0 Å². The Morgan fingerprint density at radius 3 is 2.70 bits per heavy atom. The van der Waals surface area contributed by atoms with Crippen molar-refractivity contribution >= 4 is 35.3 Å². The van der Waals surface area contributed by atoms with Gasteiger partial charge in [-0.25, -0.2) is 4.98 Å². The smallest absolute Gasteiger partial charge is 0.275 e. The van der Waals surface area contributed by atoms with Crippen LogP contribution in [0.3, 0.4) is 0 Å². The van der Waals surface area contributed by atoms with E-state index in [9.17, 15) is 4.79 Å². The molecule has 0 atom stereocenters. The molecule has 3 N–H and O–H groups in total. The monoisotopic (exact) mass is 357 g/mol. The van der Waals surface area contributed by atoms with E-state index in [1.54, 1.807) is 36.8 Å². The molecule has 6 nitrogen and oxygen atoms in total. The van der Waals surface area contributed by atoms with Gasteiger partial charge in [0.15, 0.2) is 0 Å². The second-order valence-electron chi connectivity index (χ2n) is 4.48. The number of carbonyl (C=O) groups is 1. The third kappa shape index (κ3) is 6.15. The highest BCUT2D eigenvalue weighted by Gasteiger charge is 2.10. The lowest BCUT2D eigenvalue weighted by Crippen LogP contribution is -2.12. The Balaban J connectivity index is 0.00000264. The van der Waals surface area contributed by atoms with Gasteiger partial charge in [0.05, 0.1) is 11.6 Å². The highest BCUT2D eigenvalue weighted by molar-refractivity contribution is 7.09. The summed E-state index contributed by atoms with van der Waals surface area (Å²) in [7, 11) is 1.62. The quantitative estimate of drug-likeness (QED) is 0.708. The average Bonchev–Trinajstić information content (AvgIpc) is 2.98. The fraction of sp³-hybridized carbons (Fsp3) is 0.333. The number of methoxy groups -OCH3 is 1. The van der Waals surface area contributed by atoms with Crippen molar-refractivity contribution in [3.05, 3.63) is 40.3 Å². The van der Waals surface area contributed by atoms with Crippen LogP contribution in [0.1, 0.15) is 15.5 Å². The van der Waals surface area contributed by atoms with Crippen molar-refractivity contribution in [2.75, 3.05) is 32.2 Å². The summed E-state index contributed by atoms with van der Waals surface area (Å²) in [4.78, 5) is 16.3. The van der Waals surface area contributed by atoms with Crippen LogP contribution >= 0.6 is 23.7 Å². The SMILES string of the molecule is COCCOc1ccc(NC(=O)c2csc(CCN)n2)cc1.Cl. The Hall–Kier alpha value is -1.67. The second-order valence-corrected chi connectivity index (χ2v) is 5.43. The van der Waals surface area contributed by atoms with Crippen LogP contribution in [0.4, 0.5) is 5.69 Å². The molecule has 1 aromatic carbocycles. The summed E-state index contributed by atoms with van der Waals surface area (Å²) < 4.78 is 10.4. The number of ether oxygens (including phenoxy) is 2. The largest absolute Gasteiger partial charge is 0.491 e. The van der Waals surface area contributed by atoms with Gasteiger partial charge in [-0.3, -0.25) is 4.79 Å². The fourth-order valence-electron chi connectivity index (χ4n) is 1.73. The van der Waals surface area contributed by atoms with Crippen molar-refractivity contribution in [3.63, 3.8) is 0 Å². The van der Waals surface area contributed by atoms with Gasteiger partial charge in [0.2, 0.25) is 0 Å². The number of carbonyl (C=O) groups excluding carboxylic acids is 1. The number of nitrogens with two attached hydrogens (primary N) is 1. The lowest BCUT2D eigenvalue weighted by molar-refractivity contribution is 0.102. The number of thiazole rings is 1. The van der Waals surface area contributed by atoms with Crippen molar-refractivity contribution < 1.29 is 14.3 Å². The van der Waals surface area contributed by atoms with Crippen LogP contribution in [0.2, 0.25) is 0 Å². The molecule has 2 rings (SSSR count). The Morgan fingerprint density at radius 1 is 1.30 bits per heavy atom. The number of anilines is 1. The molecule has 0 radical (unpaired) electrons. The zero-order chi connectivity index (χ0) is 15.8. The zero-order valence-corrected chi connectivity index (χ0v) is 14.4. The first kappa shape index (κ1) is 19.4. The summed E-state index contributed by atoms with van der Waals surface area (Å²) in [6.45, 7) is 1.55. The van der Waals surface area contributed by atoms with E-state index in [4.69, 9.17) is 15.2 Å². The standard InChI is InChI=1S/C15H19N3O3S.ClH/c1-20-8-9-21-12-4-2-11(3-5-12)17-15(19)13-10-22-14(18-13)6-7-16;/h2-5,10H,6-9,16H2,1H3,(H,17,19);1H. The molecule has 0 aliphatic rings. The predicted octanol–water partition coefficient (Wildman–Crippen LogP) is 2.34. The minimum atomic E-state index is -0.229. The molecule has 0 aliphatic carbocycles. The van der Waals surface area contributed by atoms with E-state index in [-0.39, 0.29) is 18.3 Å². The van der Waals surface area contributed by atoms with Gasteiger partial charge in [-0.05, 0) is 30.8 Å². The van der Waals surface area contributed by atoms with Gasteiger partial charge in [-0.1, -0.05) is 0 Å². The minimum absolute atomic E-state index is 0. The molecule has 0 bridgehead atoms. The topological polar surface area (TPSA) is 86.5 Å². The minimum Gasteiger partial charge on any atom is -0.491 e. The Bertz CT molecular complexity index is 604. The van der Waals surface area contributed by atoms with Crippen LogP contribution in [0.25, 0.3) is 0 Å². The number of rotatable bonds is 8. The summed E-state index contributed by atoms with van der Waals surface area (Å²) in [5.74, 6) is 0.501. The van der Waals surface area contributed by atoms with E-state index in [0.29, 0.717) is 37.6 Å². The van der Waals surface area contributed by atoms with Crippen LogP contribution in [0.15, 0.2) is 29.6 Å². The molecule has 2 aromatic rings. The molecule has 1 aromatic heterocycles. The zero-order valence-electron chi connectivity index (χ0n) is 12.8. The first-order valence-electron chi connectivity index (χ1n) is 6.90. The number of hydrogen-bond acceptors (Lipinski definition) is 6. The molecule has 1 heterocycles. The maximum atomic E-state index is 12.1. The van der Waals surface area contributed by atoms with Crippen molar-refractivity contribution in [1.82, 2.24) is 4.98 Å². The normalized spacial score (nSPS) is 10.0. The maximum absolute atomic E-state index is 12.1. The number of nitrogens with zero attached hydrogens (tertiary/aromatic N) is 1. The van der Waals surface area contributed by atoms with Gasteiger partial charge in [0, 0.05) is 24.6 Å². The highest BCUT2D eigenvalue weighted by Crippen LogP contribution is 2.17. The van der Waals surface area contributed by atoms with Crippen LogP contribution in [-0.2, 0) is 11.2 Å². The van der Waals surface area contributed by atoms with Gasteiger partial charge in [0.1, 0.15) is 18.1 Å². The summed E-state index contributed by atoms with van der Waals surface area (Å²) in [5.41, 5.74) is 6.58. The summed E-state index contributed by atoms with van der Waals surface area (Å²) >= 11 is 1.44. The van der Waals surface area contributed by atoms with Gasteiger partial charge in [0.25, 0.3) is 5.91 Å². The summed E-state index contributed by atoms with van der Waals surface area (Å²) in [5, 5.41) is 5.41. The summed E-state index contributed by atoms with van der Waals surface area (Å²) in [6.07, 6.45) is 0.686. The number of nitrogens with one attached hydrogen (secondary N) is 1. The molecule has 0 spiro atoms. The van der Waals surface area contributed by atoms with Gasteiger partial charge in [-0.2, -0.15) is 0 Å². The molecule has 0 fully saturated rings. The van der Waals surface area contributed by atoms with Crippen molar-refractivity contribution in [2.24, 2.45) is 5.73 Å². The maximum Gasteiger partial charge on any atom is 0.275 e. The molecule has 0 aliphatic heterocycles. The number of benzene rings is 1. The predicted molar refractivity (Wildman–Crippen MR) is 93.9 cm³/mol. The van der Waals surface area contributed by atoms with E-state index >= 15 is 0 Å². The molecule has 126 valence electrons. The van der Waals surface area contributed by atoms with Gasteiger partial charge in [-0.15, -0.1) is 23.7 Å². The number of amides is 1. The first-order valence-corrected chi connectivity index (χ1v) is 7.78. The lowest BCUT2D eigenvalue weighted by atomic mass is 10.3. The second kappa shape index (κ2) is 10.2. The molecular weight excluding hydrogens is 338 g/mol. The van der Waals surface area contributed by atoms with E-state index in [0.717, 1.165) is 10.8 Å². The van der Waals surface area contributed by atoms with Crippen LogP contribution in [0.5, 0.6) is 5.75 Å². The molecule has 8 heteroatoms. The van der Waals surface area contributed by atoms with E-state index in [1.165, 1.54) is 11.3 Å². The van der Waals surface area contributed by atoms with Crippen LogP contribution < -0.4 is 15.8 Å². The van der Waals surface area contributed by atoms with Crippen LogP contribution in [-0.4, -0.2) is 37.8 Å². The Kier molecular flexibility index (Phi) is 8.57. The van der Waals surface area contributed by atoms with E-state index in [1.807, 2.05) is 0 Å². The Labute approximate surface area is 145 Å². The fourth-order valence-corrected chi connectivity index (χ4v) is 2.52. The first-order chi connectivity index (χ1) is 10.7. The van der Waals surface area contributed by atoms with Crippen molar-refractivity contribution in [1.29, 1.82) is 0 Å². The third-order valence-electron chi connectivity index (χ3n) is 2.81. The van der Waals surface area contributed by atoms with E-state index < -0.39 is 0 Å². The lowest BCUT2D eigenvalue weighted by Gasteiger charge is -2.07. The molecule has 0 saturated heterocycles. The third-order valence-corrected chi connectivity index (χ3v) is 3.72. The van der Waals surface area contributed by atoms with Gasteiger partial charge < -0.3 is 20.5 Å². The van der Waals surface area contributed by atoms with Crippen molar-refractivity contribution in [2.45, 2.75) is 6.42 Å². The highest BCUT2D eigenvalue weighted by atomic mass is 35.5. The molecule has 0 saturated carbocycles. The number of hydrogen-bond donors (Lipinski definition) is 2.